The Hall–Kier alpha value is -2.84. The van der Waals surface area contributed by atoms with Crippen LogP contribution in [0.15, 0.2) is 58.7 Å². The molecular formula is C20H19ClN4O3S. The van der Waals surface area contributed by atoms with Crippen LogP contribution in [0.5, 0.6) is 5.75 Å². The minimum Gasteiger partial charge on any atom is -0.495 e. The Balaban J connectivity index is 1.61. The number of ether oxygens (including phenoxy) is 1. The lowest BCUT2D eigenvalue weighted by atomic mass is 10.1. The number of amidine groups is 1. The van der Waals surface area contributed by atoms with Gasteiger partial charge in [0.15, 0.2) is 5.17 Å². The molecule has 150 valence electrons. The summed E-state index contributed by atoms with van der Waals surface area (Å²) in [4.78, 5) is 24.5. The summed E-state index contributed by atoms with van der Waals surface area (Å²) in [6.45, 7) is 1.81. The quantitative estimate of drug-likeness (QED) is 0.540. The SMILES string of the molecule is COc1ccccc1NC(=O)C[C@H]1S/C(=N/N=C(/C)c2ccc(Cl)cc2)NC1=O. The van der Waals surface area contributed by atoms with Crippen LogP contribution in [0, 0.1) is 0 Å². The minimum absolute atomic E-state index is 0.00739. The van der Waals surface area contributed by atoms with E-state index in [9.17, 15) is 9.59 Å². The van der Waals surface area contributed by atoms with Crippen molar-refractivity contribution in [3.63, 3.8) is 0 Å². The number of rotatable bonds is 6. The Morgan fingerprint density at radius 2 is 1.97 bits per heavy atom. The molecule has 2 N–H and O–H groups in total. The summed E-state index contributed by atoms with van der Waals surface area (Å²) in [6.07, 6.45) is 0.00739. The number of carbonyl (C=O) groups excluding carboxylic acids is 2. The number of benzene rings is 2. The van der Waals surface area contributed by atoms with Crippen LogP contribution in [0.1, 0.15) is 18.9 Å². The fraction of sp³-hybridized carbons (Fsp3) is 0.200. The van der Waals surface area contributed by atoms with Crippen molar-refractivity contribution in [3.05, 3.63) is 59.1 Å². The van der Waals surface area contributed by atoms with Gasteiger partial charge in [0.05, 0.1) is 18.5 Å². The molecule has 0 spiro atoms. The van der Waals surface area contributed by atoms with Gasteiger partial charge in [-0.2, -0.15) is 5.10 Å². The minimum atomic E-state index is -0.575. The predicted molar refractivity (Wildman–Crippen MR) is 117 cm³/mol. The molecule has 7 nitrogen and oxygen atoms in total. The number of amides is 2. The van der Waals surface area contributed by atoms with Crippen LogP contribution in [0.25, 0.3) is 0 Å². The monoisotopic (exact) mass is 430 g/mol. The van der Waals surface area contributed by atoms with Gasteiger partial charge in [0.1, 0.15) is 11.0 Å². The van der Waals surface area contributed by atoms with Crippen molar-refractivity contribution < 1.29 is 14.3 Å². The maximum absolute atomic E-state index is 12.3. The van der Waals surface area contributed by atoms with E-state index in [0.29, 0.717) is 27.3 Å². The fourth-order valence-electron chi connectivity index (χ4n) is 2.57. The Kier molecular flexibility index (Phi) is 6.90. The van der Waals surface area contributed by atoms with E-state index >= 15 is 0 Å². The van der Waals surface area contributed by atoms with E-state index in [0.717, 1.165) is 5.56 Å². The highest BCUT2D eigenvalue weighted by atomic mass is 35.5. The second kappa shape index (κ2) is 9.58. The number of para-hydroxylation sites is 2. The summed E-state index contributed by atoms with van der Waals surface area (Å²) in [5.41, 5.74) is 2.11. The number of nitrogens with zero attached hydrogens (tertiary/aromatic N) is 2. The topological polar surface area (TPSA) is 92.2 Å². The molecule has 0 radical (unpaired) electrons. The van der Waals surface area contributed by atoms with Gasteiger partial charge in [0, 0.05) is 11.4 Å². The molecule has 1 saturated heterocycles. The highest BCUT2D eigenvalue weighted by Crippen LogP contribution is 2.26. The molecule has 0 bridgehead atoms. The Morgan fingerprint density at radius 3 is 2.69 bits per heavy atom. The lowest BCUT2D eigenvalue weighted by Crippen LogP contribution is -2.28. The molecule has 0 unspecified atom stereocenters. The van der Waals surface area contributed by atoms with Crippen LogP contribution in [0.2, 0.25) is 5.02 Å². The summed E-state index contributed by atoms with van der Waals surface area (Å²) in [7, 11) is 1.53. The Morgan fingerprint density at radius 1 is 1.24 bits per heavy atom. The number of anilines is 1. The van der Waals surface area contributed by atoms with Gasteiger partial charge in [-0.1, -0.05) is 47.6 Å². The van der Waals surface area contributed by atoms with Gasteiger partial charge in [-0.05, 0) is 36.8 Å². The standard InChI is InChI=1S/C20H19ClN4O3S/c1-12(13-7-9-14(21)10-8-13)24-25-20-23-19(27)17(29-20)11-18(26)22-15-5-3-4-6-16(15)28-2/h3-10,17H,11H2,1-2H3,(H,22,26)(H,23,25,27)/b24-12-/t17-/m1/s1. The normalized spacial score (nSPS) is 17.9. The number of methoxy groups -OCH3 is 1. The summed E-state index contributed by atoms with van der Waals surface area (Å²) in [5, 5.41) is 14.1. The first kappa shape index (κ1) is 20.9. The molecule has 0 aliphatic carbocycles. The maximum Gasteiger partial charge on any atom is 0.240 e. The van der Waals surface area contributed by atoms with Crippen LogP contribution >= 0.6 is 23.4 Å². The molecule has 1 atom stereocenters. The van der Waals surface area contributed by atoms with Crippen LogP contribution in [-0.4, -0.2) is 35.1 Å². The van der Waals surface area contributed by atoms with E-state index in [1.54, 1.807) is 30.3 Å². The van der Waals surface area contributed by atoms with Crippen molar-refractivity contribution in [2.75, 3.05) is 12.4 Å². The molecule has 1 fully saturated rings. The number of hydrogen-bond donors (Lipinski definition) is 2. The fourth-order valence-corrected chi connectivity index (χ4v) is 3.62. The molecular weight excluding hydrogens is 412 g/mol. The largest absolute Gasteiger partial charge is 0.495 e. The van der Waals surface area contributed by atoms with E-state index < -0.39 is 5.25 Å². The van der Waals surface area contributed by atoms with Crippen molar-refractivity contribution in [2.45, 2.75) is 18.6 Å². The van der Waals surface area contributed by atoms with E-state index in [-0.39, 0.29) is 18.2 Å². The Bertz CT molecular complexity index is 976. The van der Waals surface area contributed by atoms with Gasteiger partial charge in [-0.3, -0.25) is 9.59 Å². The summed E-state index contributed by atoms with van der Waals surface area (Å²) >= 11 is 7.06. The van der Waals surface area contributed by atoms with Crippen molar-refractivity contribution >= 4 is 51.7 Å². The third kappa shape index (κ3) is 5.58. The summed E-state index contributed by atoms with van der Waals surface area (Å²) in [6, 6.07) is 14.3. The first-order valence-electron chi connectivity index (χ1n) is 8.75. The van der Waals surface area contributed by atoms with Crippen LogP contribution in [-0.2, 0) is 9.59 Å². The molecule has 29 heavy (non-hydrogen) atoms. The zero-order valence-corrected chi connectivity index (χ0v) is 17.4. The molecule has 1 aliphatic heterocycles. The van der Waals surface area contributed by atoms with Gasteiger partial charge in [-0.25, -0.2) is 0 Å². The number of carbonyl (C=O) groups is 2. The molecule has 2 aromatic carbocycles. The van der Waals surface area contributed by atoms with E-state index in [4.69, 9.17) is 16.3 Å². The van der Waals surface area contributed by atoms with E-state index in [2.05, 4.69) is 20.8 Å². The highest BCUT2D eigenvalue weighted by Gasteiger charge is 2.32. The molecule has 2 aromatic rings. The molecule has 1 aliphatic rings. The van der Waals surface area contributed by atoms with Crippen LogP contribution in [0.4, 0.5) is 5.69 Å². The zero-order valence-electron chi connectivity index (χ0n) is 15.8. The number of hydrogen-bond acceptors (Lipinski definition) is 6. The van der Waals surface area contributed by atoms with Crippen LogP contribution in [0.3, 0.4) is 0 Å². The molecule has 3 rings (SSSR count). The average Bonchev–Trinajstić information content (AvgIpc) is 3.06. The lowest BCUT2D eigenvalue weighted by Gasteiger charge is -2.10. The van der Waals surface area contributed by atoms with Crippen molar-refractivity contribution in [2.24, 2.45) is 10.2 Å². The molecule has 1 heterocycles. The summed E-state index contributed by atoms with van der Waals surface area (Å²) in [5.74, 6) is -0.00819. The van der Waals surface area contributed by atoms with Gasteiger partial charge >= 0.3 is 0 Å². The zero-order chi connectivity index (χ0) is 20.8. The third-order valence-electron chi connectivity index (χ3n) is 4.08. The second-order valence-electron chi connectivity index (χ2n) is 6.15. The molecule has 2 amide bonds. The first-order chi connectivity index (χ1) is 14.0. The first-order valence-corrected chi connectivity index (χ1v) is 10.0. The van der Waals surface area contributed by atoms with Gasteiger partial charge in [0.25, 0.3) is 0 Å². The molecule has 0 aromatic heterocycles. The molecule has 9 heteroatoms. The molecule has 0 saturated carbocycles. The van der Waals surface area contributed by atoms with Gasteiger partial charge < -0.3 is 15.4 Å². The number of thioether (sulfide) groups is 1. The average molecular weight is 431 g/mol. The summed E-state index contributed by atoms with van der Waals surface area (Å²) < 4.78 is 5.21. The van der Waals surface area contributed by atoms with Crippen molar-refractivity contribution in [1.29, 1.82) is 0 Å². The predicted octanol–water partition coefficient (Wildman–Crippen LogP) is 3.69. The lowest BCUT2D eigenvalue weighted by molar-refractivity contribution is -0.122. The van der Waals surface area contributed by atoms with Crippen molar-refractivity contribution in [1.82, 2.24) is 5.32 Å². The number of halogens is 1. The maximum atomic E-state index is 12.3. The number of nitrogens with one attached hydrogen (secondary N) is 2. The second-order valence-corrected chi connectivity index (χ2v) is 7.77. The van der Waals surface area contributed by atoms with E-state index in [1.165, 1.54) is 18.9 Å². The van der Waals surface area contributed by atoms with Gasteiger partial charge in [0.2, 0.25) is 11.8 Å². The third-order valence-corrected chi connectivity index (χ3v) is 5.41. The Labute approximate surface area is 177 Å². The van der Waals surface area contributed by atoms with Crippen molar-refractivity contribution in [3.8, 4) is 5.75 Å². The van der Waals surface area contributed by atoms with Crippen LogP contribution < -0.4 is 15.4 Å². The van der Waals surface area contributed by atoms with Gasteiger partial charge in [-0.15, -0.1) is 5.10 Å². The highest BCUT2D eigenvalue weighted by molar-refractivity contribution is 8.15. The smallest absolute Gasteiger partial charge is 0.240 e. The van der Waals surface area contributed by atoms with E-state index in [1.807, 2.05) is 25.1 Å².